The first-order chi connectivity index (χ1) is 15.2. The number of fused-ring (bicyclic) bond motifs is 1. The number of phenols is 1. The molecule has 7 heteroatoms. The van der Waals surface area contributed by atoms with Crippen molar-refractivity contribution in [2.24, 2.45) is 0 Å². The van der Waals surface area contributed by atoms with Gasteiger partial charge in [0.15, 0.2) is 23.1 Å². The van der Waals surface area contributed by atoms with E-state index in [1.807, 2.05) is 41.5 Å². The predicted octanol–water partition coefficient (Wildman–Crippen LogP) is 5.17. The molecule has 0 aromatic heterocycles. The van der Waals surface area contributed by atoms with Gasteiger partial charge in [0.05, 0.1) is 26.3 Å². The first-order valence-corrected chi connectivity index (χ1v) is 10.9. The van der Waals surface area contributed by atoms with Gasteiger partial charge in [-0.3, -0.25) is 10.2 Å². The average Bonchev–Trinajstić information content (AvgIpc) is 3.01. The highest BCUT2D eigenvalue weighted by molar-refractivity contribution is 6.06. The van der Waals surface area contributed by atoms with Crippen LogP contribution in [0.15, 0.2) is 18.2 Å². The average molecular weight is 457 g/mol. The molecule has 2 aromatic carbocycles. The maximum Gasteiger partial charge on any atom is 0.197 e. The van der Waals surface area contributed by atoms with E-state index >= 15 is 4.39 Å². The number of carbonyl (C=O) groups excluding carboxylic acids is 1. The smallest absolute Gasteiger partial charge is 0.197 e. The molecule has 1 heterocycles. The van der Waals surface area contributed by atoms with Crippen molar-refractivity contribution in [2.45, 2.75) is 58.9 Å². The summed E-state index contributed by atoms with van der Waals surface area (Å²) in [6, 6.07) is 5.10. The molecular formula is C26H33FN2O4. The molecule has 0 unspecified atom stereocenters. The van der Waals surface area contributed by atoms with Gasteiger partial charge in [-0.2, -0.15) is 0 Å². The number of aromatic hydroxyl groups is 1. The van der Waals surface area contributed by atoms with Crippen molar-refractivity contribution in [1.82, 2.24) is 4.90 Å². The monoisotopic (exact) mass is 456 g/mol. The molecule has 1 aliphatic heterocycles. The minimum absolute atomic E-state index is 0.0580. The summed E-state index contributed by atoms with van der Waals surface area (Å²) in [5.74, 6) is -0.545. The minimum Gasteiger partial charge on any atom is -0.507 e. The summed E-state index contributed by atoms with van der Waals surface area (Å²) in [5, 5.41) is 19.4. The van der Waals surface area contributed by atoms with Gasteiger partial charge in [0.2, 0.25) is 0 Å². The minimum atomic E-state index is -0.665. The molecule has 0 atom stereocenters. The van der Waals surface area contributed by atoms with Gasteiger partial charge < -0.3 is 19.5 Å². The third-order valence-corrected chi connectivity index (χ3v) is 5.99. The Kier molecular flexibility index (Phi) is 6.22. The van der Waals surface area contributed by atoms with Gasteiger partial charge in [-0.25, -0.2) is 4.39 Å². The number of nitrogens with zero attached hydrogens (tertiary/aromatic N) is 1. The zero-order valence-corrected chi connectivity index (χ0v) is 20.6. The van der Waals surface area contributed by atoms with Gasteiger partial charge in [0, 0.05) is 23.2 Å². The van der Waals surface area contributed by atoms with Crippen molar-refractivity contribution < 1.29 is 23.8 Å². The number of nitrogens with one attached hydrogen (secondary N) is 1. The van der Waals surface area contributed by atoms with E-state index in [1.165, 1.54) is 19.1 Å². The second-order valence-corrected chi connectivity index (χ2v) is 10.5. The van der Waals surface area contributed by atoms with Crippen LogP contribution in [0.2, 0.25) is 0 Å². The van der Waals surface area contributed by atoms with Crippen LogP contribution in [0.4, 0.5) is 4.39 Å². The van der Waals surface area contributed by atoms with Crippen LogP contribution in [-0.2, 0) is 17.4 Å². The lowest BCUT2D eigenvalue weighted by molar-refractivity contribution is 0.0962. The Labute approximate surface area is 194 Å². The molecule has 6 nitrogen and oxygen atoms in total. The lowest BCUT2D eigenvalue weighted by Gasteiger charge is -2.28. The van der Waals surface area contributed by atoms with Crippen molar-refractivity contribution in [3.05, 3.63) is 51.8 Å². The summed E-state index contributed by atoms with van der Waals surface area (Å²) in [6.07, 6.45) is 0. The first-order valence-electron chi connectivity index (χ1n) is 10.9. The predicted molar refractivity (Wildman–Crippen MR) is 127 cm³/mol. The number of carbonyl (C=O) groups is 1. The van der Waals surface area contributed by atoms with Crippen LogP contribution in [0, 0.1) is 11.2 Å². The Morgan fingerprint density at radius 3 is 2.06 bits per heavy atom. The largest absolute Gasteiger partial charge is 0.507 e. The van der Waals surface area contributed by atoms with Crippen LogP contribution >= 0.6 is 0 Å². The third kappa shape index (κ3) is 4.41. The summed E-state index contributed by atoms with van der Waals surface area (Å²) in [7, 11) is 2.77. The molecule has 0 saturated heterocycles. The number of benzene rings is 2. The highest BCUT2D eigenvalue weighted by Gasteiger charge is 2.34. The van der Waals surface area contributed by atoms with Crippen molar-refractivity contribution in [1.29, 1.82) is 5.41 Å². The van der Waals surface area contributed by atoms with E-state index in [0.29, 0.717) is 22.3 Å². The molecule has 0 radical (unpaired) electrons. The Bertz CT molecular complexity index is 1090. The lowest BCUT2D eigenvalue weighted by atomic mass is 9.78. The lowest BCUT2D eigenvalue weighted by Crippen LogP contribution is -2.31. The quantitative estimate of drug-likeness (QED) is 0.607. The number of Topliss-reactive ketones (excluding diaryl/α,β-unsaturated/α-hetero) is 1. The molecule has 0 aliphatic carbocycles. The number of halogens is 1. The van der Waals surface area contributed by atoms with Crippen LogP contribution in [0.1, 0.15) is 74.2 Å². The van der Waals surface area contributed by atoms with E-state index in [-0.39, 0.29) is 58.4 Å². The summed E-state index contributed by atoms with van der Waals surface area (Å²) < 4.78 is 25.4. The van der Waals surface area contributed by atoms with Crippen LogP contribution < -0.4 is 9.47 Å². The molecule has 0 amide bonds. The molecule has 0 spiro atoms. The standard InChI is InChI=1S/C26H33FN2O4/c1-25(2,3)16-9-14(10-17(22(16)31)26(4,5)6)18(30)13-29-12-15-11-19(32-7)23(33-8)21(27)20(15)24(29)28/h9-11,28,31H,12-13H2,1-8H3. The molecule has 178 valence electrons. The number of amidine groups is 1. The van der Waals surface area contributed by atoms with Gasteiger partial charge in [-0.1, -0.05) is 41.5 Å². The molecule has 2 aromatic rings. The number of rotatable bonds is 5. The van der Waals surface area contributed by atoms with E-state index in [1.54, 1.807) is 18.2 Å². The second-order valence-electron chi connectivity index (χ2n) is 10.5. The summed E-state index contributed by atoms with van der Waals surface area (Å²) in [5.41, 5.74) is 1.80. The number of methoxy groups -OCH3 is 2. The van der Waals surface area contributed by atoms with E-state index in [9.17, 15) is 9.90 Å². The Morgan fingerprint density at radius 1 is 1.06 bits per heavy atom. The van der Waals surface area contributed by atoms with Crippen molar-refractivity contribution in [2.75, 3.05) is 20.8 Å². The zero-order chi connectivity index (χ0) is 24.9. The zero-order valence-electron chi connectivity index (χ0n) is 20.6. The molecule has 3 rings (SSSR count). The topological polar surface area (TPSA) is 82.9 Å². The van der Waals surface area contributed by atoms with Gasteiger partial charge >= 0.3 is 0 Å². The molecule has 0 saturated carbocycles. The molecule has 0 bridgehead atoms. The summed E-state index contributed by atoms with van der Waals surface area (Å²) >= 11 is 0. The normalized spacial score (nSPS) is 13.8. The first kappa shape index (κ1) is 24.6. The highest BCUT2D eigenvalue weighted by atomic mass is 19.1. The molecular weight excluding hydrogens is 423 g/mol. The van der Waals surface area contributed by atoms with Crippen molar-refractivity contribution in [3.63, 3.8) is 0 Å². The van der Waals surface area contributed by atoms with Gasteiger partial charge in [-0.15, -0.1) is 0 Å². The fraction of sp³-hybridized carbons (Fsp3) is 0.462. The number of ether oxygens (including phenoxy) is 2. The third-order valence-electron chi connectivity index (χ3n) is 5.99. The SMILES string of the molecule is COc1cc2c(c(F)c1OC)C(=N)N(CC(=O)c1cc(C(C)(C)C)c(O)c(C(C)(C)C)c1)C2. The second kappa shape index (κ2) is 8.36. The number of phenolic OH excluding ortho intramolecular Hbond substituents is 1. The van der Waals surface area contributed by atoms with Crippen molar-refractivity contribution in [3.8, 4) is 17.2 Å². The number of hydrogen-bond acceptors (Lipinski definition) is 5. The van der Waals surface area contributed by atoms with E-state index in [4.69, 9.17) is 14.9 Å². The maximum atomic E-state index is 15.0. The van der Waals surface area contributed by atoms with E-state index < -0.39 is 5.82 Å². The molecule has 0 fully saturated rings. The van der Waals surface area contributed by atoms with E-state index in [0.717, 1.165) is 0 Å². The fourth-order valence-corrected chi connectivity index (χ4v) is 4.16. The number of hydrogen-bond donors (Lipinski definition) is 2. The van der Waals surface area contributed by atoms with Crippen LogP contribution in [0.3, 0.4) is 0 Å². The molecule has 33 heavy (non-hydrogen) atoms. The van der Waals surface area contributed by atoms with Crippen LogP contribution in [0.25, 0.3) is 0 Å². The van der Waals surface area contributed by atoms with Gasteiger partial charge in [-0.05, 0) is 34.6 Å². The van der Waals surface area contributed by atoms with Crippen LogP contribution in [-0.4, -0.2) is 42.4 Å². The summed E-state index contributed by atoms with van der Waals surface area (Å²) in [4.78, 5) is 14.9. The molecule has 2 N–H and O–H groups in total. The number of ketones is 1. The molecule has 1 aliphatic rings. The Hall–Kier alpha value is -3.09. The highest BCUT2D eigenvalue weighted by Crippen LogP contribution is 2.41. The Balaban J connectivity index is 1.98. The fourth-order valence-electron chi connectivity index (χ4n) is 4.16. The van der Waals surface area contributed by atoms with Gasteiger partial charge in [0.1, 0.15) is 11.6 Å². The van der Waals surface area contributed by atoms with Crippen LogP contribution in [0.5, 0.6) is 17.2 Å². The van der Waals surface area contributed by atoms with Crippen molar-refractivity contribution >= 4 is 11.6 Å². The Morgan fingerprint density at radius 2 is 1.61 bits per heavy atom. The maximum absolute atomic E-state index is 15.0. The van der Waals surface area contributed by atoms with E-state index in [2.05, 4.69) is 0 Å². The summed E-state index contributed by atoms with van der Waals surface area (Å²) in [6.45, 7) is 12.0. The van der Waals surface area contributed by atoms with Gasteiger partial charge in [0.25, 0.3) is 0 Å².